The zero-order valence-electron chi connectivity index (χ0n) is 9.87. The van der Waals surface area contributed by atoms with Gasteiger partial charge in [-0.05, 0) is 37.5 Å². The number of carbonyl (C=O) groups is 1. The number of rotatable bonds is 3. The fourth-order valence-electron chi connectivity index (χ4n) is 1.57. The summed E-state index contributed by atoms with van der Waals surface area (Å²) in [6.45, 7) is 1.70. The maximum atomic E-state index is 13.0. The van der Waals surface area contributed by atoms with Gasteiger partial charge in [0.25, 0.3) is 0 Å². The van der Waals surface area contributed by atoms with E-state index in [0.717, 1.165) is 12.1 Å². The summed E-state index contributed by atoms with van der Waals surface area (Å²) in [4.78, 5) is 11.7. The molecule has 1 fully saturated rings. The molecule has 1 unspecified atom stereocenters. The van der Waals surface area contributed by atoms with Crippen molar-refractivity contribution < 1.29 is 13.6 Å². The van der Waals surface area contributed by atoms with Crippen LogP contribution in [0.3, 0.4) is 0 Å². The number of amides is 1. The van der Waals surface area contributed by atoms with Gasteiger partial charge in [0.05, 0.1) is 11.6 Å². The molecule has 0 aliphatic heterocycles. The second-order valence-electron chi connectivity index (χ2n) is 4.52. The van der Waals surface area contributed by atoms with Crippen molar-refractivity contribution in [2.45, 2.75) is 31.3 Å². The lowest BCUT2D eigenvalue weighted by Crippen LogP contribution is -2.43. The molecule has 1 aliphatic carbocycles. The standard InChI is InChI=1S/C12H14F2N2O.ClH/c1-7(16-11(17)12(15)4-5-12)8-2-3-9(13)10(14)6-8;/h2-3,6-7H,4-5,15H2,1H3,(H,16,17);1H. The summed E-state index contributed by atoms with van der Waals surface area (Å²) in [6, 6.07) is 3.18. The molecule has 100 valence electrons. The van der Waals surface area contributed by atoms with Crippen molar-refractivity contribution in [3.8, 4) is 0 Å². The van der Waals surface area contributed by atoms with E-state index < -0.39 is 23.2 Å². The minimum absolute atomic E-state index is 0. The Morgan fingerprint density at radius 2 is 2.00 bits per heavy atom. The molecule has 0 radical (unpaired) electrons. The first-order chi connectivity index (χ1) is 7.92. The first-order valence-corrected chi connectivity index (χ1v) is 5.47. The molecule has 1 saturated carbocycles. The predicted molar refractivity (Wildman–Crippen MR) is 66.3 cm³/mol. The molecule has 1 aromatic rings. The maximum Gasteiger partial charge on any atom is 0.240 e. The summed E-state index contributed by atoms with van der Waals surface area (Å²) < 4.78 is 25.8. The van der Waals surface area contributed by atoms with E-state index >= 15 is 0 Å². The van der Waals surface area contributed by atoms with Crippen LogP contribution < -0.4 is 11.1 Å². The molecular formula is C12H15ClF2N2O. The van der Waals surface area contributed by atoms with E-state index in [1.54, 1.807) is 6.92 Å². The van der Waals surface area contributed by atoms with Gasteiger partial charge >= 0.3 is 0 Å². The van der Waals surface area contributed by atoms with Crippen LogP contribution in [0.15, 0.2) is 18.2 Å². The molecular weight excluding hydrogens is 262 g/mol. The van der Waals surface area contributed by atoms with Crippen LogP contribution >= 0.6 is 12.4 Å². The number of benzene rings is 1. The number of carbonyl (C=O) groups excluding carboxylic acids is 1. The van der Waals surface area contributed by atoms with Crippen LogP contribution in [-0.2, 0) is 4.79 Å². The van der Waals surface area contributed by atoms with Gasteiger partial charge < -0.3 is 11.1 Å². The number of nitrogens with one attached hydrogen (secondary N) is 1. The summed E-state index contributed by atoms with van der Waals surface area (Å²) in [7, 11) is 0. The third-order valence-electron chi connectivity index (χ3n) is 3.03. The van der Waals surface area contributed by atoms with Crippen molar-refractivity contribution in [2.24, 2.45) is 5.73 Å². The Hall–Kier alpha value is -1.20. The van der Waals surface area contributed by atoms with E-state index in [4.69, 9.17) is 5.73 Å². The van der Waals surface area contributed by atoms with Crippen LogP contribution in [0.2, 0.25) is 0 Å². The number of nitrogens with two attached hydrogens (primary N) is 1. The molecule has 0 heterocycles. The minimum atomic E-state index is -0.919. The lowest BCUT2D eigenvalue weighted by atomic mass is 10.1. The molecule has 1 atom stereocenters. The van der Waals surface area contributed by atoms with Gasteiger partial charge in [0.15, 0.2) is 11.6 Å². The molecule has 1 aromatic carbocycles. The second kappa shape index (κ2) is 5.20. The van der Waals surface area contributed by atoms with Gasteiger partial charge in [0.1, 0.15) is 0 Å². The number of hydrogen-bond donors (Lipinski definition) is 2. The Bertz CT molecular complexity index is 463. The Morgan fingerprint density at radius 1 is 1.39 bits per heavy atom. The number of hydrogen-bond acceptors (Lipinski definition) is 2. The van der Waals surface area contributed by atoms with E-state index in [-0.39, 0.29) is 18.3 Å². The molecule has 18 heavy (non-hydrogen) atoms. The Morgan fingerprint density at radius 3 is 2.50 bits per heavy atom. The van der Waals surface area contributed by atoms with Crippen molar-refractivity contribution in [3.05, 3.63) is 35.4 Å². The molecule has 6 heteroatoms. The highest BCUT2D eigenvalue weighted by atomic mass is 35.5. The van der Waals surface area contributed by atoms with Crippen LogP contribution in [0.1, 0.15) is 31.4 Å². The summed E-state index contributed by atoms with van der Waals surface area (Å²) >= 11 is 0. The van der Waals surface area contributed by atoms with Crippen molar-refractivity contribution in [3.63, 3.8) is 0 Å². The lowest BCUT2D eigenvalue weighted by Gasteiger charge is -2.17. The summed E-state index contributed by atoms with van der Waals surface area (Å²) in [6.07, 6.45) is 1.34. The smallest absolute Gasteiger partial charge is 0.240 e. The third kappa shape index (κ3) is 2.97. The van der Waals surface area contributed by atoms with E-state index in [0.29, 0.717) is 18.4 Å². The normalized spacial score (nSPS) is 17.6. The Balaban J connectivity index is 0.00000162. The van der Waals surface area contributed by atoms with Gasteiger partial charge in [-0.2, -0.15) is 0 Å². The molecule has 2 rings (SSSR count). The molecule has 3 N–H and O–H groups in total. The largest absolute Gasteiger partial charge is 0.348 e. The predicted octanol–water partition coefficient (Wildman–Crippen LogP) is 2.06. The van der Waals surface area contributed by atoms with Crippen molar-refractivity contribution in [1.82, 2.24) is 5.32 Å². The maximum absolute atomic E-state index is 13.0. The first-order valence-electron chi connectivity index (χ1n) is 5.47. The minimum Gasteiger partial charge on any atom is -0.348 e. The molecule has 3 nitrogen and oxygen atoms in total. The monoisotopic (exact) mass is 276 g/mol. The Labute approximate surface area is 110 Å². The topological polar surface area (TPSA) is 55.1 Å². The van der Waals surface area contributed by atoms with Gasteiger partial charge in [-0.3, -0.25) is 4.79 Å². The van der Waals surface area contributed by atoms with Crippen LogP contribution in [0.25, 0.3) is 0 Å². The van der Waals surface area contributed by atoms with Crippen LogP contribution in [0, 0.1) is 11.6 Å². The number of halogens is 3. The van der Waals surface area contributed by atoms with Crippen molar-refractivity contribution >= 4 is 18.3 Å². The molecule has 0 aromatic heterocycles. The van der Waals surface area contributed by atoms with Crippen LogP contribution in [0.5, 0.6) is 0 Å². The quantitative estimate of drug-likeness (QED) is 0.888. The average Bonchev–Trinajstić information content (AvgIpc) is 3.02. The highest BCUT2D eigenvalue weighted by molar-refractivity contribution is 5.89. The fourth-order valence-corrected chi connectivity index (χ4v) is 1.57. The van der Waals surface area contributed by atoms with Crippen molar-refractivity contribution in [2.75, 3.05) is 0 Å². The molecule has 0 bridgehead atoms. The highest BCUT2D eigenvalue weighted by Gasteiger charge is 2.46. The zero-order chi connectivity index (χ0) is 12.6. The van der Waals surface area contributed by atoms with Gasteiger partial charge in [-0.15, -0.1) is 12.4 Å². The van der Waals surface area contributed by atoms with Gasteiger partial charge in [-0.1, -0.05) is 6.07 Å². The van der Waals surface area contributed by atoms with Gasteiger partial charge in [-0.25, -0.2) is 8.78 Å². The zero-order valence-corrected chi connectivity index (χ0v) is 10.7. The fraction of sp³-hybridized carbons (Fsp3) is 0.417. The molecule has 0 spiro atoms. The molecule has 1 amide bonds. The SMILES string of the molecule is CC(NC(=O)C1(N)CC1)c1ccc(F)c(F)c1.Cl. The summed E-state index contributed by atoms with van der Waals surface area (Å²) in [5.74, 6) is -2.06. The third-order valence-corrected chi connectivity index (χ3v) is 3.03. The summed E-state index contributed by atoms with van der Waals surface area (Å²) in [5, 5.41) is 2.69. The Kier molecular flexibility index (Phi) is 4.29. The second-order valence-corrected chi connectivity index (χ2v) is 4.52. The average molecular weight is 277 g/mol. The van der Waals surface area contributed by atoms with Crippen molar-refractivity contribution in [1.29, 1.82) is 0 Å². The van der Waals surface area contributed by atoms with E-state index in [1.165, 1.54) is 6.07 Å². The van der Waals surface area contributed by atoms with Gasteiger partial charge in [0.2, 0.25) is 5.91 Å². The van der Waals surface area contributed by atoms with Crippen LogP contribution in [0.4, 0.5) is 8.78 Å². The van der Waals surface area contributed by atoms with Crippen LogP contribution in [-0.4, -0.2) is 11.4 Å². The van der Waals surface area contributed by atoms with E-state index in [1.807, 2.05) is 0 Å². The van der Waals surface area contributed by atoms with E-state index in [9.17, 15) is 13.6 Å². The summed E-state index contributed by atoms with van der Waals surface area (Å²) in [5.41, 5.74) is 5.48. The highest BCUT2D eigenvalue weighted by Crippen LogP contribution is 2.33. The lowest BCUT2D eigenvalue weighted by molar-refractivity contribution is -0.123. The van der Waals surface area contributed by atoms with Gasteiger partial charge in [0, 0.05) is 0 Å². The molecule has 0 saturated heterocycles. The first kappa shape index (κ1) is 14.9. The van der Waals surface area contributed by atoms with E-state index in [2.05, 4.69) is 5.32 Å². The molecule has 1 aliphatic rings.